The van der Waals surface area contributed by atoms with Crippen molar-refractivity contribution < 1.29 is 4.74 Å². The summed E-state index contributed by atoms with van der Waals surface area (Å²) in [6, 6.07) is 0.603. The van der Waals surface area contributed by atoms with Gasteiger partial charge in [-0.1, -0.05) is 27.2 Å². The maximum atomic E-state index is 6.28. The van der Waals surface area contributed by atoms with Crippen molar-refractivity contribution in [3.05, 3.63) is 0 Å². The lowest BCUT2D eigenvalue weighted by atomic mass is 9.72. The molecule has 1 spiro atoms. The Kier molecular flexibility index (Phi) is 5.08. The Morgan fingerprint density at radius 3 is 2.61 bits per heavy atom. The minimum atomic E-state index is 0.179. The lowest BCUT2D eigenvalue weighted by molar-refractivity contribution is -0.126. The summed E-state index contributed by atoms with van der Waals surface area (Å²) < 4.78 is 6.28. The minimum absolute atomic E-state index is 0.179. The zero-order valence-electron chi connectivity index (χ0n) is 12.5. The zero-order valence-corrected chi connectivity index (χ0v) is 12.5. The van der Waals surface area contributed by atoms with E-state index in [2.05, 4.69) is 26.1 Å². The van der Waals surface area contributed by atoms with Crippen LogP contribution in [0.3, 0.4) is 0 Å². The molecule has 0 aromatic carbocycles. The molecule has 1 atom stereocenters. The predicted octanol–water partition coefficient (Wildman–Crippen LogP) is 3.75. The Bertz CT molecular complexity index is 243. The number of nitrogens with one attached hydrogen (secondary N) is 1. The molecule has 2 nitrogen and oxygen atoms in total. The normalized spacial score (nSPS) is 37.3. The molecule has 2 rings (SSSR count). The maximum Gasteiger partial charge on any atom is 0.0835 e. The van der Waals surface area contributed by atoms with Crippen molar-refractivity contribution in [2.45, 2.75) is 77.4 Å². The summed E-state index contributed by atoms with van der Waals surface area (Å²) in [4.78, 5) is 0. The van der Waals surface area contributed by atoms with Crippen molar-refractivity contribution in [3.8, 4) is 0 Å². The molecule has 1 heterocycles. The highest BCUT2D eigenvalue weighted by Crippen LogP contribution is 2.41. The molecule has 18 heavy (non-hydrogen) atoms. The Hall–Kier alpha value is -0.0800. The lowest BCUT2D eigenvalue weighted by Crippen LogP contribution is -2.59. The van der Waals surface area contributed by atoms with Gasteiger partial charge >= 0.3 is 0 Å². The van der Waals surface area contributed by atoms with E-state index in [1.54, 1.807) is 0 Å². The van der Waals surface area contributed by atoms with Gasteiger partial charge in [0, 0.05) is 12.6 Å². The van der Waals surface area contributed by atoms with Gasteiger partial charge in [-0.15, -0.1) is 0 Å². The van der Waals surface area contributed by atoms with E-state index in [0.29, 0.717) is 6.04 Å². The molecule has 2 aliphatic rings. The van der Waals surface area contributed by atoms with Crippen LogP contribution in [0.15, 0.2) is 0 Å². The summed E-state index contributed by atoms with van der Waals surface area (Å²) in [5.41, 5.74) is 0.179. The largest absolute Gasteiger partial charge is 0.372 e. The van der Waals surface area contributed by atoms with Gasteiger partial charge in [0.1, 0.15) is 0 Å². The van der Waals surface area contributed by atoms with Crippen LogP contribution in [0.25, 0.3) is 0 Å². The Balaban J connectivity index is 1.94. The summed E-state index contributed by atoms with van der Waals surface area (Å²) in [7, 11) is 0. The minimum Gasteiger partial charge on any atom is -0.372 e. The number of hydrogen-bond donors (Lipinski definition) is 1. The van der Waals surface area contributed by atoms with Crippen LogP contribution in [0.1, 0.15) is 65.7 Å². The molecule has 0 aromatic heterocycles. The molecule has 1 aliphatic carbocycles. The smallest absolute Gasteiger partial charge is 0.0835 e. The Morgan fingerprint density at radius 1 is 1.28 bits per heavy atom. The third-order valence-electron chi connectivity index (χ3n) is 5.08. The van der Waals surface area contributed by atoms with E-state index in [1.165, 1.54) is 44.9 Å². The zero-order chi connectivity index (χ0) is 13.0. The van der Waals surface area contributed by atoms with Crippen LogP contribution in [-0.2, 0) is 4.74 Å². The molecule has 1 aliphatic heterocycles. The van der Waals surface area contributed by atoms with E-state index in [4.69, 9.17) is 4.74 Å². The van der Waals surface area contributed by atoms with Gasteiger partial charge < -0.3 is 10.1 Å². The molecule has 2 fully saturated rings. The fraction of sp³-hybridized carbons (Fsp3) is 1.00. The maximum absolute atomic E-state index is 6.28. The number of morpholine rings is 1. The summed E-state index contributed by atoms with van der Waals surface area (Å²) in [5.74, 6) is 1.75. The van der Waals surface area contributed by atoms with E-state index in [0.717, 1.165) is 25.0 Å². The monoisotopic (exact) mass is 253 g/mol. The number of rotatable bonds is 4. The average molecular weight is 253 g/mol. The van der Waals surface area contributed by atoms with Crippen LogP contribution in [0, 0.1) is 11.8 Å². The van der Waals surface area contributed by atoms with Crippen molar-refractivity contribution >= 4 is 0 Å². The van der Waals surface area contributed by atoms with Gasteiger partial charge in [-0.25, -0.2) is 0 Å². The van der Waals surface area contributed by atoms with Gasteiger partial charge in [0.2, 0.25) is 0 Å². The van der Waals surface area contributed by atoms with Gasteiger partial charge in [0.15, 0.2) is 0 Å². The van der Waals surface area contributed by atoms with Gasteiger partial charge in [-0.05, 0) is 50.4 Å². The second-order valence-electron chi connectivity index (χ2n) is 6.74. The van der Waals surface area contributed by atoms with Crippen molar-refractivity contribution in [2.24, 2.45) is 11.8 Å². The third kappa shape index (κ3) is 3.27. The fourth-order valence-electron chi connectivity index (χ4n) is 3.71. The first-order valence-electron chi connectivity index (χ1n) is 8.03. The van der Waals surface area contributed by atoms with Crippen LogP contribution in [0.5, 0.6) is 0 Å². The van der Waals surface area contributed by atoms with E-state index < -0.39 is 0 Å². The number of ether oxygens (including phenoxy) is 1. The SMILES string of the molecule is CCC1CCC2(CC1)OCCNC2CCC(C)C. The first-order chi connectivity index (χ1) is 8.66. The van der Waals surface area contributed by atoms with E-state index >= 15 is 0 Å². The Labute approximate surface area is 113 Å². The lowest BCUT2D eigenvalue weighted by Gasteiger charge is -2.48. The van der Waals surface area contributed by atoms with E-state index in [-0.39, 0.29) is 5.60 Å². The van der Waals surface area contributed by atoms with Gasteiger partial charge in [0.05, 0.1) is 12.2 Å². The fourth-order valence-corrected chi connectivity index (χ4v) is 3.71. The first kappa shape index (κ1) is 14.3. The molecule has 1 unspecified atom stereocenters. The molecule has 1 N–H and O–H groups in total. The highest BCUT2D eigenvalue weighted by atomic mass is 16.5. The predicted molar refractivity (Wildman–Crippen MR) is 76.8 cm³/mol. The van der Waals surface area contributed by atoms with Crippen molar-refractivity contribution in [1.82, 2.24) is 5.32 Å². The Morgan fingerprint density at radius 2 is 2.00 bits per heavy atom. The van der Waals surface area contributed by atoms with Crippen molar-refractivity contribution in [1.29, 1.82) is 0 Å². The topological polar surface area (TPSA) is 21.3 Å². The standard InChI is InChI=1S/C16H31NO/c1-4-14-7-9-16(10-8-14)15(6-5-13(2)3)17-11-12-18-16/h13-15,17H,4-12H2,1-3H3. The second-order valence-corrected chi connectivity index (χ2v) is 6.74. The third-order valence-corrected chi connectivity index (χ3v) is 5.08. The molecule has 106 valence electrons. The molecule has 0 bridgehead atoms. The molecule has 0 amide bonds. The van der Waals surface area contributed by atoms with Crippen LogP contribution >= 0.6 is 0 Å². The second kappa shape index (κ2) is 6.38. The quantitative estimate of drug-likeness (QED) is 0.824. The van der Waals surface area contributed by atoms with Crippen LogP contribution < -0.4 is 5.32 Å². The molecule has 2 heteroatoms. The highest BCUT2D eigenvalue weighted by Gasteiger charge is 2.43. The molecule has 0 aromatic rings. The average Bonchev–Trinajstić information content (AvgIpc) is 2.39. The number of hydrogen-bond acceptors (Lipinski definition) is 2. The summed E-state index contributed by atoms with van der Waals surface area (Å²) in [5, 5.41) is 3.74. The van der Waals surface area contributed by atoms with Crippen LogP contribution in [-0.4, -0.2) is 24.8 Å². The summed E-state index contributed by atoms with van der Waals surface area (Å²) >= 11 is 0. The van der Waals surface area contributed by atoms with Gasteiger partial charge in [-0.3, -0.25) is 0 Å². The van der Waals surface area contributed by atoms with Crippen molar-refractivity contribution in [2.75, 3.05) is 13.2 Å². The van der Waals surface area contributed by atoms with Crippen LogP contribution in [0.4, 0.5) is 0 Å². The molecule has 1 saturated carbocycles. The molecular weight excluding hydrogens is 222 g/mol. The molecule has 1 saturated heterocycles. The molecular formula is C16H31NO. The molecule has 0 radical (unpaired) electrons. The van der Waals surface area contributed by atoms with Gasteiger partial charge in [-0.2, -0.15) is 0 Å². The first-order valence-corrected chi connectivity index (χ1v) is 8.03. The van der Waals surface area contributed by atoms with Gasteiger partial charge in [0.25, 0.3) is 0 Å². The highest BCUT2D eigenvalue weighted by molar-refractivity contribution is 4.99. The summed E-state index contributed by atoms with van der Waals surface area (Å²) in [6.45, 7) is 8.93. The van der Waals surface area contributed by atoms with E-state index in [9.17, 15) is 0 Å². The van der Waals surface area contributed by atoms with Crippen LogP contribution in [0.2, 0.25) is 0 Å². The van der Waals surface area contributed by atoms with Crippen molar-refractivity contribution in [3.63, 3.8) is 0 Å². The summed E-state index contributed by atoms with van der Waals surface area (Å²) in [6.07, 6.45) is 9.25. The van der Waals surface area contributed by atoms with E-state index in [1.807, 2.05) is 0 Å².